The minimum absolute atomic E-state index is 0.843. The zero-order valence-electron chi connectivity index (χ0n) is 5.28. The van der Waals surface area contributed by atoms with E-state index >= 15 is 0 Å². The Morgan fingerprint density at radius 2 is 2.00 bits per heavy atom. The SMILES string of the molecule is C=C1C=CC=N1.N#CC#N. The normalized spacial score (nSPS) is 11.2. The van der Waals surface area contributed by atoms with Crippen LogP contribution >= 0.6 is 0 Å². The maximum Gasteiger partial charge on any atom is 0.181 e. The fourth-order valence-corrected chi connectivity index (χ4v) is 0.336. The van der Waals surface area contributed by atoms with Gasteiger partial charge in [-0.1, -0.05) is 6.58 Å². The van der Waals surface area contributed by atoms with E-state index in [0.29, 0.717) is 0 Å². The van der Waals surface area contributed by atoms with Gasteiger partial charge >= 0.3 is 0 Å². The van der Waals surface area contributed by atoms with Crippen molar-refractivity contribution in [3.8, 4) is 12.1 Å². The molecule has 1 aliphatic rings. The highest BCUT2D eigenvalue weighted by Crippen LogP contribution is 1.97. The highest BCUT2D eigenvalue weighted by Gasteiger charge is 1.81. The summed E-state index contributed by atoms with van der Waals surface area (Å²) in [5.74, 6) is 0. The summed E-state index contributed by atoms with van der Waals surface area (Å²) < 4.78 is 0. The molecule has 0 N–H and O–H groups in total. The van der Waals surface area contributed by atoms with Crippen molar-refractivity contribution in [2.45, 2.75) is 0 Å². The molecule has 0 fully saturated rings. The van der Waals surface area contributed by atoms with Crippen LogP contribution in [0.5, 0.6) is 0 Å². The van der Waals surface area contributed by atoms with Gasteiger partial charge in [0, 0.05) is 6.21 Å². The average molecular weight is 131 g/mol. The molecule has 0 aromatic carbocycles. The molecule has 0 aromatic heterocycles. The van der Waals surface area contributed by atoms with E-state index < -0.39 is 0 Å². The van der Waals surface area contributed by atoms with Gasteiger partial charge in [-0.2, -0.15) is 10.5 Å². The summed E-state index contributed by atoms with van der Waals surface area (Å²) in [4.78, 5) is 3.81. The molecule has 0 bridgehead atoms. The molecular weight excluding hydrogens is 126 g/mol. The standard InChI is InChI=1S/C5H5N.C2N2/c1-5-3-2-4-6-5;3-1-2-4/h2-4H,1H2;. The van der Waals surface area contributed by atoms with Crippen molar-refractivity contribution in [1.29, 1.82) is 10.5 Å². The first-order valence-electron chi connectivity index (χ1n) is 2.49. The van der Waals surface area contributed by atoms with E-state index in [1.165, 1.54) is 12.1 Å². The number of allylic oxidation sites excluding steroid dienone is 2. The molecule has 0 aliphatic carbocycles. The molecule has 10 heavy (non-hydrogen) atoms. The molecule has 0 saturated carbocycles. The molecule has 48 valence electrons. The van der Waals surface area contributed by atoms with Crippen molar-refractivity contribution in [1.82, 2.24) is 0 Å². The van der Waals surface area contributed by atoms with Crippen LogP contribution in [0.2, 0.25) is 0 Å². The van der Waals surface area contributed by atoms with Crippen LogP contribution in [0.1, 0.15) is 0 Å². The van der Waals surface area contributed by atoms with E-state index in [4.69, 9.17) is 10.5 Å². The summed E-state index contributed by atoms with van der Waals surface area (Å²) in [7, 11) is 0. The van der Waals surface area contributed by atoms with Gasteiger partial charge in [-0.05, 0) is 12.2 Å². The molecule has 0 unspecified atom stereocenters. The average Bonchev–Trinajstić information content (AvgIpc) is 2.40. The second kappa shape index (κ2) is 5.27. The molecule has 3 nitrogen and oxygen atoms in total. The van der Waals surface area contributed by atoms with E-state index in [2.05, 4.69) is 11.6 Å². The number of nitriles is 2. The molecule has 3 heteroatoms. The number of aliphatic imine (C=N–C) groups is 1. The summed E-state index contributed by atoms with van der Waals surface area (Å²) in [6, 6.07) is 2.47. The van der Waals surface area contributed by atoms with Crippen molar-refractivity contribution in [3.63, 3.8) is 0 Å². The maximum atomic E-state index is 7.26. The molecule has 0 spiro atoms. The van der Waals surface area contributed by atoms with Crippen molar-refractivity contribution in [3.05, 3.63) is 24.4 Å². The number of nitrogens with zero attached hydrogens (tertiary/aromatic N) is 3. The summed E-state index contributed by atoms with van der Waals surface area (Å²) in [5, 5.41) is 14.5. The number of rotatable bonds is 0. The van der Waals surface area contributed by atoms with Gasteiger partial charge < -0.3 is 0 Å². The molecule has 0 saturated heterocycles. The lowest BCUT2D eigenvalue weighted by molar-refractivity contribution is 1.49. The van der Waals surface area contributed by atoms with Crippen LogP contribution in [0.25, 0.3) is 0 Å². The molecule has 1 rings (SSSR count). The maximum absolute atomic E-state index is 7.26. The van der Waals surface area contributed by atoms with Gasteiger partial charge in [-0.25, -0.2) is 0 Å². The number of hydrogen-bond donors (Lipinski definition) is 0. The molecule has 0 aromatic rings. The van der Waals surface area contributed by atoms with Crippen LogP contribution < -0.4 is 0 Å². The summed E-state index contributed by atoms with van der Waals surface area (Å²) in [6.45, 7) is 3.57. The topological polar surface area (TPSA) is 59.9 Å². The second-order valence-corrected chi connectivity index (χ2v) is 1.35. The lowest BCUT2D eigenvalue weighted by Crippen LogP contribution is -1.51. The Morgan fingerprint density at radius 3 is 2.10 bits per heavy atom. The third-order valence-electron chi connectivity index (χ3n) is 0.665. The Hall–Kier alpha value is -1.87. The predicted molar refractivity (Wildman–Crippen MR) is 38.0 cm³/mol. The first-order chi connectivity index (χ1) is 4.81. The zero-order valence-corrected chi connectivity index (χ0v) is 5.28. The van der Waals surface area contributed by atoms with Crippen molar-refractivity contribution < 1.29 is 0 Å². The lowest BCUT2D eigenvalue weighted by Gasteiger charge is -1.71. The van der Waals surface area contributed by atoms with Crippen LogP contribution in [-0.2, 0) is 0 Å². The Kier molecular flexibility index (Phi) is 4.28. The van der Waals surface area contributed by atoms with Crippen molar-refractivity contribution in [2.75, 3.05) is 0 Å². The van der Waals surface area contributed by atoms with Crippen molar-refractivity contribution >= 4 is 6.21 Å². The highest BCUT2D eigenvalue weighted by molar-refractivity contribution is 5.76. The quantitative estimate of drug-likeness (QED) is 0.495. The van der Waals surface area contributed by atoms with Gasteiger partial charge in [-0.15, -0.1) is 0 Å². The van der Waals surface area contributed by atoms with Gasteiger partial charge in [-0.3, -0.25) is 4.99 Å². The van der Waals surface area contributed by atoms with Crippen LogP contribution in [0.4, 0.5) is 0 Å². The predicted octanol–water partition coefficient (Wildman–Crippen LogP) is 1.17. The largest absolute Gasteiger partial charge is 0.258 e. The van der Waals surface area contributed by atoms with Gasteiger partial charge in [0.2, 0.25) is 0 Å². The smallest absolute Gasteiger partial charge is 0.181 e. The number of hydrogen-bond acceptors (Lipinski definition) is 3. The first kappa shape index (κ1) is 8.13. The van der Waals surface area contributed by atoms with Gasteiger partial charge in [0.25, 0.3) is 0 Å². The Labute approximate surface area is 59.2 Å². The first-order valence-corrected chi connectivity index (χ1v) is 2.49. The van der Waals surface area contributed by atoms with Gasteiger partial charge in [0.05, 0.1) is 5.70 Å². The van der Waals surface area contributed by atoms with E-state index in [0.717, 1.165) is 5.70 Å². The highest BCUT2D eigenvalue weighted by atomic mass is 14.7. The fraction of sp³-hybridized carbons (Fsp3) is 0. The third kappa shape index (κ3) is 4.29. The second-order valence-electron chi connectivity index (χ2n) is 1.35. The van der Waals surface area contributed by atoms with Crippen LogP contribution in [0, 0.1) is 22.7 Å². The van der Waals surface area contributed by atoms with Crippen LogP contribution in [0.15, 0.2) is 29.4 Å². The monoisotopic (exact) mass is 131 g/mol. The lowest BCUT2D eigenvalue weighted by atomic mass is 10.5. The molecule has 0 radical (unpaired) electrons. The summed E-state index contributed by atoms with van der Waals surface area (Å²) >= 11 is 0. The van der Waals surface area contributed by atoms with Crippen LogP contribution in [-0.4, -0.2) is 6.21 Å². The molecule has 1 heterocycles. The van der Waals surface area contributed by atoms with E-state index in [9.17, 15) is 0 Å². The van der Waals surface area contributed by atoms with E-state index in [1.807, 2.05) is 12.2 Å². The van der Waals surface area contributed by atoms with E-state index in [1.54, 1.807) is 6.21 Å². The Morgan fingerprint density at radius 1 is 1.40 bits per heavy atom. The van der Waals surface area contributed by atoms with Crippen LogP contribution in [0.3, 0.4) is 0 Å². The minimum atomic E-state index is 0.843. The third-order valence-corrected chi connectivity index (χ3v) is 0.665. The summed E-state index contributed by atoms with van der Waals surface area (Å²) in [5.41, 5.74) is 0.843. The Balaban J connectivity index is 0.000000180. The minimum Gasteiger partial charge on any atom is -0.258 e. The van der Waals surface area contributed by atoms with Gasteiger partial charge in [0.15, 0.2) is 12.1 Å². The van der Waals surface area contributed by atoms with Crippen molar-refractivity contribution in [2.24, 2.45) is 4.99 Å². The summed E-state index contributed by atoms with van der Waals surface area (Å²) in [6.07, 6.45) is 5.45. The molecular formula is C7H5N3. The fourth-order valence-electron chi connectivity index (χ4n) is 0.336. The van der Waals surface area contributed by atoms with E-state index in [-0.39, 0.29) is 0 Å². The zero-order chi connectivity index (χ0) is 7.82. The Bertz CT molecular complexity index is 221. The molecule has 0 amide bonds. The molecule has 0 atom stereocenters. The van der Waals surface area contributed by atoms with Gasteiger partial charge in [0.1, 0.15) is 0 Å². The molecule has 1 aliphatic heterocycles.